The van der Waals surface area contributed by atoms with Gasteiger partial charge in [0, 0.05) is 6.54 Å². The van der Waals surface area contributed by atoms with Gasteiger partial charge in [-0.15, -0.1) is 0 Å². The summed E-state index contributed by atoms with van der Waals surface area (Å²) in [4.78, 5) is 12.5. The van der Waals surface area contributed by atoms with Crippen molar-refractivity contribution in [3.05, 3.63) is 66.2 Å². The minimum absolute atomic E-state index is 0.140. The average Bonchev–Trinajstić information content (AvgIpc) is 2.60. The third-order valence-corrected chi connectivity index (χ3v) is 5.29. The number of carbonyl (C=O) groups excluding carboxylic acids is 1. The molecule has 0 aromatic heterocycles. The Morgan fingerprint density at radius 1 is 1.00 bits per heavy atom. The van der Waals surface area contributed by atoms with E-state index >= 15 is 0 Å². The molecule has 134 valence electrons. The smallest absolute Gasteiger partial charge is 0.243 e. The number of hydrogen-bond acceptors (Lipinski definition) is 3. The summed E-state index contributed by atoms with van der Waals surface area (Å²) in [7, 11) is -3.58. The summed E-state index contributed by atoms with van der Waals surface area (Å²) in [5.41, 5.74) is 1.60. The van der Waals surface area contributed by atoms with E-state index in [1.807, 2.05) is 37.3 Å². The maximum absolute atomic E-state index is 12.5. The Morgan fingerprint density at radius 2 is 1.52 bits per heavy atom. The van der Waals surface area contributed by atoms with Crippen molar-refractivity contribution < 1.29 is 13.2 Å². The summed E-state index contributed by atoms with van der Waals surface area (Å²) in [6, 6.07) is 17.7. The lowest BCUT2D eigenvalue weighted by molar-refractivity contribution is -0.121. The van der Waals surface area contributed by atoms with Crippen molar-refractivity contribution in [3.8, 4) is 0 Å². The molecule has 2 aromatic rings. The molecule has 0 aliphatic heterocycles. The van der Waals surface area contributed by atoms with Gasteiger partial charge in [0.15, 0.2) is 0 Å². The maximum Gasteiger partial charge on any atom is 0.243 e. The summed E-state index contributed by atoms with van der Waals surface area (Å²) < 4.78 is 25.5. The fourth-order valence-electron chi connectivity index (χ4n) is 2.68. The Morgan fingerprint density at radius 3 is 2.04 bits per heavy atom. The molecule has 0 spiro atoms. The van der Waals surface area contributed by atoms with Crippen molar-refractivity contribution in [1.29, 1.82) is 0 Å². The maximum atomic E-state index is 12.5. The van der Waals surface area contributed by atoms with E-state index in [2.05, 4.69) is 5.32 Å². The molecule has 2 rings (SSSR count). The van der Waals surface area contributed by atoms with Gasteiger partial charge in [-0.05, 0) is 30.5 Å². The quantitative estimate of drug-likeness (QED) is 0.826. The number of carbonyl (C=O) groups is 1. The molecular weight excluding hydrogens is 336 g/mol. The molecule has 2 aromatic carbocycles. The van der Waals surface area contributed by atoms with Crippen molar-refractivity contribution >= 4 is 21.6 Å². The third kappa shape index (κ3) is 5.06. The summed E-state index contributed by atoms with van der Waals surface area (Å²) in [5.74, 6) is -0.183. The van der Waals surface area contributed by atoms with Crippen LogP contribution in [0.5, 0.6) is 0 Å². The third-order valence-electron chi connectivity index (χ3n) is 4.05. The van der Waals surface area contributed by atoms with E-state index in [0.717, 1.165) is 16.1 Å². The number of anilines is 1. The van der Waals surface area contributed by atoms with E-state index in [-0.39, 0.29) is 11.8 Å². The molecule has 5 nitrogen and oxygen atoms in total. The fourth-order valence-corrected chi connectivity index (χ4v) is 3.86. The van der Waals surface area contributed by atoms with E-state index in [1.165, 1.54) is 0 Å². The topological polar surface area (TPSA) is 66.5 Å². The molecule has 0 unspecified atom stereocenters. The van der Waals surface area contributed by atoms with Crippen LogP contribution in [-0.2, 0) is 14.8 Å². The van der Waals surface area contributed by atoms with Crippen LogP contribution < -0.4 is 9.62 Å². The van der Waals surface area contributed by atoms with Crippen molar-refractivity contribution in [2.75, 3.05) is 17.1 Å². The number of amides is 1. The highest BCUT2D eigenvalue weighted by molar-refractivity contribution is 7.92. The standard InChI is InChI=1S/C19H24N2O3S/c1-15(17-10-6-4-7-11-17)14-20-19(22)16(2)21(25(3,23)24)18-12-8-5-9-13-18/h4-13,15-16H,14H2,1-3H3,(H,20,22)/t15-,16+/m1/s1. The first kappa shape index (κ1) is 19.0. The predicted molar refractivity (Wildman–Crippen MR) is 101 cm³/mol. The lowest BCUT2D eigenvalue weighted by atomic mass is 10.0. The van der Waals surface area contributed by atoms with Crippen molar-refractivity contribution in [2.24, 2.45) is 0 Å². The van der Waals surface area contributed by atoms with Crippen LogP contribution in [0.3, 0.4) is 0 Å². The predicted octanol–water partition coefficient (Wildman–Crippen LogP) is 2.76. The zero-order chi connectivity index (χ0) is 18.4. The summed E-state index contributed by atoms with van der Waals surface area (Å²) in [6.45, 7) is 4.06. The molecule has 1 N–H and O–H groups in total. The Bertz CT molecular complexity index is 792. The van der Waals surface area contributed by atoms with Gasteiger partial charge in [-0.3, -0.25) is 9.10 Å². The van der Waals surface area contributed by atoms with Gasteiger partial charge < -0.3 is 5.32 Å². The van der Waals surface area contributed by atoms with Crippen LogP contribution in [0.4, 0.5) is 5.69 Å². The number of nitrogens with zero attached hydrogens (tertiary/aromatic N) is 1. The number of nitrogens with one attached hydrogen (secondary N) is 1. The van der Waals surface area contributed by atoms with Crippen molar-refractivity contribution in [3.63, 3.8) is 0 Å². The van der Waals surface area contributed by atoms with Crippen LogP contribution in [0.1, 0.15) is 25.3 Å². The van der Waals surface area contributed by atoms with E-state index < -0.39 is 16.1 Å². The van der Waals surface area contributed by atoms with Gasteiger partial charge in [0.05, 0.1) is 11.9 Å². The highest BCUT2D eigenvalue weighted by Gasteiger charge is 2.29. The number of benzene rings is 2. The first-order valence-corrected chi connectivity index (χ1v) is 10.0. The first-order valence-electron chi connectivity index (χ1n) is 8.18. The normalized spacial score (nSPS) is 13.7. The number of rotatable bonds is 7. The second-order valence-electron chi connectivity index (χ2n) is 6.13. The van der Waals surface area contributed by atoms with Crippen LogP contribution >= 0.6 is 0 Å². The average molecular weight is 360 g/mol. The van der Waals surface area contributed by atoms with Gasteiger partial charge in [0.25, 0.3) is 0 Å². The molecule has 0 aliphatic carbocycles. The van der Waals surface area contributed by atoms with Gasteiger partial charge in [-0.1, -0.05) is 55.5 Å². The largest absolute Gasteiger partial charge is 0.354 e. The molecule has 0 saturated heterocycles. The first-order chi connectivity index (χ1) is 11.8. The van der Waals surface area contributed by atoms with Gasteiger partial charge in [0.1, 0.15) is 6.04 Å². The Balaban J connectivity index is 2.09. The zero-order valence-electron chi connectivity index (χ0n) is 14.7. The monoisotopic (exact) mass is 360 g/mol. The lowest BCUT2D eigenvalue weighted by Gasteiger charge is -2.28. The summed E-state index contributed by atoms with van der Waals surface area (Å²) >= 11 is 0. The summed E-state index contributed by atoms with van der Waals surface area (Å²) in [5, 5.41) is 2.86. The van der Waals surface area contributed by atoms with Gasteiger partial charge >= 0.3 is 0 Å². The molecule has 0 radical (unpaired) electrons. The van der Waals surface area contributed by atoms with Crippen LogP contribution in [0.15, 0.2) is 60.7 Å². The van der Waals surface area contributed by atoms with Crippen LogP contribution in [0, 0.1) is 0 Å². The Kier molecular flexibility index (Phi) is 6.20. The molecule has 25 heavy (non-hydrogen) atoms. The van der Waals surface area contributed by atoms with Gasteiger partial charge in [-0.2, -0.15) is 0 Å². The molecule has 2 atom stereocenters. The van der Waals surface area contributed by atoms with Gasteiger partial charge in [-0.25, -0.2) is 8.42 Å². The van der Waals surface area contributed by atoms with Crippen LogP contribution in [0.25, 0.3) is 0 Å². The van der Waals surface area contributed by atoms with Gasteiger partial charge in [0.2, 0.25) is 15.9 Å². The second-order valence-corrected chi connectivity index (χ2v) is 7.99. The highest BCUT2D eigenvalue weighted by atomic mass is 32.2. The van der Waals surface area contributed by atoms with E-state index in [0.29, 0.717) is 12.2 Å². The molecule has 0 bridgehead atoms. The fraction of sp³-hybridized carbons (Fsp3) is 0.316. The van der Waals surface area contributed by atoms with Crippen molar-refractivity contribution in [2.45, 2.75) is 25.8 Å². The minimum Gasteiger partial charge on any atom is -0.354 e. The molecule has 0 saturated carbocycles. The molecule has 1 amide bonds. The second kappa shape index (κ2) is 8.16. The summed E-state index contributed by atoms with van der Waals surface area (Å²) in [6.07, 6.45) is 1.11. The zero-order valence-corrected chi connectivity index (χ0v) is 15.5. The number of para-hydroxylation sites is 1. The van der Waals surface area contributed by atoms with E-state index in [9.17, 15) is 13.2 Å². The van der Waals surface area contributed by atoms with Crippen LogP contribution in [0.2, 0.25) is 0 Å². The lowest BCUT2D eigenvalue weighted by Crippen LogP contribution is -2.48. The Labute approximate surface area is 149 Å². The molecule has 0 heterocycles. The van der Waals surface area contributed by atoms with E-state index in [4.69, 9.17) is 0 Å². The SMILES string of the molecule is C[C@H](CNC(=O)[C@H](C)N(c1ccccc1)S(C)(=O)=O)c1ccccc1. The highest BCUT2D eigenvalue weighted by Crippen LogP contribution is 2.20. The molecule has 6 heteroatoms. The van der Waals surface area contributed by atoms with Crippen molar-refractivity contribution in [1.82, 2.24) is 5.32 Å². The number of sulfonamides is 1. The molecular formula is C19H24N2O3S. The molecule has 0 aliphatic rings. The van der Waals surface area contributed by atoms with E-state index in [1.54, 1.807) is 37.3 Å². The van der Waals surface area contributed by atoms with Crippen LogP contribution in [-0.4, -0.2) is 33.2 Å². The Hall–Kier alpha value is -2.34. The number of hydrogen-bond donors (Lipinski definition) is 1. The molecule has 0 fully saturated rings. The minimum atomic E-state index is -3.58.